The van der Waals surface area contributed by atoms with Gasteiger partial charge in [-0.3, -0.25) is 5.41 Å². The lowest BCUT2D eigenvalue weighted by Crippen LogP contribution is -1.95. The molecular formula is C6H2N4. The topological polar surface area (TPSA) is 95.2 Å². The van der Waals surface area contributed by atoms with E-state index in [2.05, 4.69) is 0 Å². The summed E-state index contributed by atoms with van der Waals surface area (Å²) >= 11 is 0. The van der Waals surface area contributed by atoms with E-state index in [0.717, 1.165) is 0 Å². The molecule has 10 heavy (non-hydrogen) atoms. The van der Waals surface area contributed by atoms with Crippen molar-refractivity contribution in [2.24, 2.45) is 5.92 Å². The average molecular weight is 130 g/mol. The summed E-state index contributed by atoms with van der Waals surface area (Å²) in [4.78, 5) is 0. The van der Waals surface area contributed by atoms with Crippen molar-refractivity contribution in [3.05, 3.63) is 5.57 Å². The van der Waals surface area contributed by atoms with Crippen LogP contribution in [-0.2, 0) is 0 Å². The molecule has 0 aliphatic heterocycles. The standard InChI is InChI=1S/C6H2N4/c7-1-5(2-8)6(3-9)4-10/h5,9H. The maximum Gasteiger partial charge on any atom is 0.176 e. The van der Waals surface area contributed by atoms with Crippen LogP contribution in [0.5, 0.6) is 0 Å². The second kappa shape index (κ2) is 3.87. The summed E-state index contributed by atoms with van der Waals surface area (Å²) in [5, 5.41) is 31.1. The minimum Gasteiger partial charge on any atom is -0.258 e. The van der Waals surface area contributed by atoms with Crippen molar-refractivity contribution in [2.75, 3.05) is 0 Å². The van der Waals surface area contributed by atoms with Crippen molar-refractivity contribution in [3.8, 4) is 18.2 Å². The smallest absolute Gasteiger partial charge is 0.176 e. The minimum atomic E-state index is -1.15. The number of nitrogens with one attached hydrogen (secondary N) is 1. The first-order valence-electron chi connectivity index (χ1n) is 2.29. The van der Waals surface area contributed by atoms with Crippen LogP contribution in [0.2, 0.25) is 0 Å². The highest BCUT2D eigenvalue weighted by atomic mass is 14.4. The van der Waals surface area contributed by atoms with Crippen LogP contribution in [0.3, 0.4) is 0 Å². The lowest BCUT2D eigenvalue weighted by atomic mass is 10.1. The van der Waals surface area contributed by atoms with Crippen molar-refractivity contribution in [1.29, 1.82) is 21.2 Å². The molecule has 0 aromatic carbocycles. The third-order valence-corrected chi connectivity index (χ3v) is 0.802. The summed E-state index contributed by atoms with van der Waals surface area (Å²) in [5.41, 5.74) is -0.245. The van der Waals surface area contributed by atoms with Crippen LogP contribution in [-0.4, -0.2) is 5.87 Å². The zero-order valence-corrected chi connectivity index (χ0v) is 4.92. The highest BCUT2D eigenvalue weighted by Gasteiger charge is 2.10. The number of hydrogen-bond donors (Lipinski definition) is 1. The van der Waals surface area contributed by atoms with Gasteiger partial charge in [-0.2, -0.15) is 15.8 Å². The normalized spacial score (nSPS) is 6.60. The Kier molecular flexibility index (Phi) is 3.06. The van der Waals surface area contributed by atoms with Gasteiger partial charge in [0.05, 0.1) is 12.1 Å². The molecule has 0 spiro atoms. The van der Waals surface area contributed by atoms with Gasteiger partial charge in [0.1, 0.15) is 11.6 Å². The molecule has 0 aromatic heterocycles. The average Bonchev–Trinajstić information content (AvgIpc) is 2.00. The molecule has 0 saturated heterocycles. The van der Waals surface area contributed by atoms with Crippen LogP contribution in [0.4, 0.5) is 0 Å². The van der Waals surface area contributed by atoms with Gasteiger partial charge in [-0.15, -0.1) is 0 Å². The summed E-state index contributed by atoms with van der Waals surface area (Å²) in [6.07, 6.45) is 0. The maximum atomic E-state index is 8.19. The van der Waals surface area contributed by atoms with Crippen molar-refractivity contribution in [1.82, 2.24) is 0 Å². The van der Waals surface area contributed by atoms with Crippen molar-refractivity contribution >= 4 is 5.87 Å². The molecule has 4 heteroatoms. The fraction of sp³-hybridized carbons (Fsp3) is 0.167. The van der Waals surface area contributed by atoms with Gasteiger partial charge in [0, 0.05) is 0 Å². The largest absolute Gasteiger partial charge is 0.258 e. The van der Waals surface area contributed by atoms with Crippen LogP contribution in [0, 0.1) is 45.3 Å². The summed E-state index contributed by atoms with van der Waals surface area (Å²) in [7, 11) is 0. The molecule has 0 aromatic rings. The van der Waals surface area contributed by atoms with Crippen molar-refractivity contribution < 1.29 is 0 Å². The fourth-order valence-corrected chi connectivity index (χ4v) is 0.323. The number of allylic oxidation sites excluding steroid dienone is 1. The molecule has 0 saturated carbocycles. The maximum absolute atomic E-state index is 8.19. The number of hydrogen-bond acceptors (Lipinski definition) is 4. The molecule has 0 aliphatic carbocycles. The van der Waals surface area contributed by atoms with Crippen LogP contribution in [0.1, 0.15) is 0 Å². The van der Waals surface area contributed by atoms with Crippen molar-refractivity contribution in [2.45, 2.75) is 0 Å². The first kappa shape index (κ1) is 7.92. The Bertz CT molecular complexity index is 275. The zero-order valence-electron chi connectivity index (χ0n) is 4.92. The molecule has 46 valence electrons. The van der Waals surface area contributed by atoms with Gasteiger partial charge < -0.3 is 0 Å². The molecule has 0 heterocycles. The van der Waals surface area contributed by atoms with Crippen LogP contribution >= 0.6 is 0 Å². The quantitative estimate of drug-likeness (QED) is 0.409. The molecule has 0 fully saturated rings. The van der Waals surface area contributed by atoms with E-state index in [1.165, 1.54) is 6.07 Å². The monoisotopic (exact) mass is 130 g/mol. The van der Waals surface area contributed by atoms with Gasteiger partial charge in [-0.05, 0) is 5.87 Å². The predicted molar refractivity (Wildman–Crippen MR) is 31.6 cm³/mol. The van der Waals surface area contributed by atoms with Gasteiger partial charge in [0.25, 0.3) is 0 Å². The van der Waals surface area contributed by atoms with Crippen molar-refractivity contribution in [3.63, 3.8) is 0 Å². The summed E-state index contributed by atoms with van der Waals surface area (Å²) < 4.78 is 0. The van der Waals surface area contributed by atoms with Crippen LogP contribution in [0.25, 0.3) is 0 Å². The van der Waals surface area contributed by atoms with E-state index in [0.29, 0.717) is 0 Å². The second-order valence-electron chi connectivity index (χ2n) is 1.34. The molecular weight excluding hydrogens is 128 g/mol. The Morgan fingerprint density at radius 1 is 1.20 bits per heavy atom. The molecule has 0 unspecified atom stereocenters. The van der Waals surface area contributed by atoms with Gasteiger partial charge in [-0.25, -0.2) is 0 Å². The Hall–Kier alpha value is -2.08. The van der Waals surface area contributed by atoms with Gasteiger partial charge >= 0.3 is 0 Å². The molecule has 0 amide bonds. The first-order valence-corrected chi connectivity index (χ1v) is 2.29. The van der Waals surface area contributed by atoms with Gasteiger partial charge in [0.15, 0.2) is 5.92 Å². The molecule has 0 aliphatic rings. The Labute approximate surface area is 57.7 Å². The SMILES string of the molecule is N#CC(=C=N)C(C#N)C#N. The first-order chi connectivity index (χ1) is 4.79. The molecule has 0 radical (unpaired) electrons. The number of nitrogens with zero attached hydrogens (tertiary/aromatic N) is 3. The zero-order chi connectivity index (χ0) is 7.98. The van der Waals surface area contributed by atoms with E-state index < -0.39 is 5.92 Å². The lowest BCUT2D eigenvalue weighted by Gasteiger charge is -1.87. The Balaban J connectivity index is 4.72. The highest BCUT2D eigenvalue weighted by molar-refractivity contribution is 5.63. The van der Waals surface area contributed by atoms with Crippen LogP contribution in [0.15, 0.2) is 5.57 Å². The summed E-state index contributed by atoms with van der Waals surface area (Å²) in [6.45, 7) is 0. The van der Waals surface area contributed by atoms with E-state index in [4.69, 9.17) is 21.2 Å². The van der Waals surface area contributed by atoms with E-state index >= 15 is 0 Å². The van der Waals surface area contributed by atoms with E-state index in [1.54, 1.807) is 18.0 Å². The lowest BCUT2D eigenvalue weighted by molar-refractivity contribution is 1.05. The Morgan fingerprint density at radius 3 is 1.80 bits per heavy atom. The van der Waals surface area contributed by atoms with Crippen LogP contribution < -0.4 is 0 Å². The highest BCUT2D eigenvalue weighted by Crippen LogP contribution is 2.02. The summed E-state index contributed by atoms with van der Waals surface area (Å²) in [6, 6.07) is 4.63. The second-order valence-corrected chi connectivity index (χ2v) is 1.34. The Morgan fingerprint density at radius 2 is 1.70 bits per heavy atom. The van der Waals surface area contributed by atoms with E-state index in [1.807, 2.05) is 0 Å². The van der Waals surface area contributed by atoms with Gasteiger partial charge in [-0.1, -0.05) is 0 Å². The molecule has 0 atom stereocenters. The summed E-state index contributed by atoms with van der Waals surface area (Å²) in [5.74, 6) is 0.564. The fourth-order valence-electron chi connectivity index (χ4n) is 0.323. The third-order valence-electron chi connectivity index (χ3n) is 0.802. The molecule has 0 bridgehead atoms. The predicted octanol–water partition coefficient (Wildman–Crippen LogP) is 0.348. The molecule has 0 rings (SSSR count). The number of rotatable bonds is 1. The number of nitriles is 3. The van der Waals surface area contributed by atoms with Gasteiger partial charge in [0.2, 0.25) is 0 Å². The van der Waals surface area contributed by atoms with E-state index in [9.17, 15) is 0 Å². The minimum absolute atomic E-state index is 0.245. The third kappa shape index (κ3) is 1.46. The molecule has 4 nitrogen and oxygen atoms in total. The van der Waals surface area contributed by atoms with E-state index in [-0.39, 0.29) is 5.57 Å². The molecule has 1 N–H and O–H groups in total.